The van der Waals surface area contributed by atoms with E-state index in [9.17, 15) is 8.78 Å². The number of benzene rings is 1. The van der Waals surface area contributed by atoms with Crippen LogP contribution in [0.1, 0.15) is 31.9 Å². The van der Waals surface area contributed by atoms with Gasteiger partial charge in [-0.2, -0.15) is 11.8 Å². The first-order valence-electron chi connectivity index (χ1n) is 6.96. The van der Waals surface area contributed by atoms with Gasteiger partial charge in [0.25, 0.3) is 0 Å². The molecular weight excluding hydrogens is 278 g/mol. The summed E-state index contributed by atoms with van der Waals surface area (Å²) in [4.78, 5) is 2.18. The summed E-state index contributed by atoms with van der Waals surface area (Å²) < 4.78 is 27.6. The minimum absolute atomic E-state index is 0.231. The van der Waals surface area contributed by atoms with Crippen LogP contribution in [0, 0.1) is 11.6 Å². The molecule has 2 rings (SSSR count). The monoisotopic (exact) mass is 300 g/mol. The van der Waals surface area contributed by atoms with Gasteiger partial charge in [0.05, 0.1) is 6.04 Å². The fourth-order valence-corrected chi connectivity index (χ4v) is 3.70. The lowest BCUT2D eigenvalue weighted by Gasteiger charge is -2.30. The van der Waals surface area contributed by atoms with E-state index in [2.05, 4.69) is 18.7 Å². The van der Waals surface area contributed by atoms with Gasteiger partial charge in [-0.3, -0.25) is 4.90 Å². The molecule has 1 aromatic carbocycles. The normalized spacial score (nSPS) is 21.4. The molecule has 1 fully saturated rings. The van der Waals surface area contributed by atoms with E-state index in [1.165, 1.54) is 12.1 Å². The number of nitrogens with two attached hydrogens (primary N) is 1. The van der Waals surface area contributed by atoms with Crippen LogP contribution in [0.5, 0.6) is 0 Å². The van der Waals surface area contributed by atoms with E-state index in [1.54, 1.807) is 0 Å². The molecular formula is C15H22F2N2S. The van der Waals surface area contributed by atoms with Crippen molar-refractivity contribution in [1.82, 2.24) is 4.90 Å². The fourth-order valence-electron chi connectivity index (χ4n) is 2.59. The van der Waals surface area contributed by atoms with Crippen LogP contribution in [0.15, 0.2) is 18.2 Å². The second-order valence-electron chi connectivity index (χ2n) is 5.81. The number of rotatable bonds is 3. The molecule has 2 N–H and O–H groups in total. The molecule has 1 aliphatic heterocycles. The Balaban J connectivity index is 2.21. The number of thioether (sulfide) groups is 1. The Morgan fingerprint density at radius 1 is 1.35 bits per heavy atom. The predicted molar refractivity (Wildman–Crippen MR) is 80.9 cm³/mol. The van der Waals surface area contributed by atoms with Crippen LogP contribution in [0.3, 0.4) is 0 Å². The lowest BCUT2D eigenvalue weighted by atomic mass is 10.0. The van der Waals surface area contributed by atoms with Crippen LogP contribution in [0.25, 0.3) is 0 Å². The molecule has 1 atom stereocenters. The third kappa shape index (κ3) is 3.71. The summed E-state index contributed by atoms with van der Waals surface area (Å²) >= 11 is 1.93. The molecule has 1 aromatic rings. The minimum atomic E-state index is -0.413. The first kappa shape index (κ1) is 15.7. The fraction of sp³-hybridized carbons (Fsp3) is 0.600. The molecule has 2 nitrogen and oxygen atoms in total. The summed E-state index contributed by atoms with van der Waals surface area (Å²) in [6.07, 6.45) is 1.02. The molecule has 0 saturated carbocycles. The summed E-state index contributed by atoms with van der Waals surface area (Å²) in [6.45, 7) is 6.46. The van der Waals surface area contributed by atoms with Crippen LogP contribution < -0.4 is 5.73 Å². The Hall–Kier alpha value is -0.650. The molecule has 5 heteroatoms. The largest absolute Gasteiger partial charge is 0.329 e. The van der Waals surface area contributed by atoms with Gasteiger partial charge in [-0.1, -0.05) is 13.8 Å². The molecule has 1 aliphatic rings. The van der Waals surface area contributed by atoms with Crippen LogP contribution >= 0.6 is 11.8 Å². The molecule has 20 heavy (non-hydrogen) atoms. The second-order valence-corrected chi connectivity index (χ2v) is 7.61. The molecule has 1 unspecified atom stereocenters. The highest BCUT2D eigenvalue weighted by molar-refractivity contribution is 8.00. The van der Waals surface area contributed by atoms with E-state index in [1.807, 2.05) is 11.8 Å². The topological polar surface area (TPSA) is 29.3 Å². The van der Waals surface area contributed by atoms with Crippen LogP contribution in [-0.4, -0.2) is 35.0 Å². The zero-order valence-electron chi connectivity index (χ0n) is 12.0. The van der Waals surface area contributed by atoms with E-state index >= 15 is 0 Å². The quantitative estimate of drug-likeness (QED) is 0.929. The number of hydrogen-bond acceptors (Lipinski definition) is 3. The van der Waals surface area contributed by atoms with Gasteiger partial charge in [0.2, 0.25) is 0 Å². The van der Waals surface area contributed by atoms with Crippen molar-refractivity contribution in [1.29, 1.82) is 0 Å². The molecule has 0 aliphatic carbocycles. The minimum Gasteiger partial charge on any atom is -0.329 e. The zero-order valence-corrected chi connectivity index (χ0v) is 12.9. The SMILES string of the molecule is CC1(C)CCN(C(CN)c2cc(F)ccc2F)CCS1. The smallest absolute Gasteiger partial charge is 0.128 e. The molecule has 0 radical (unpaired) electrons. The Morgan fingerprint density at radius 3 is 2.80 bits per heavy atom. The van der Waals surface area contributed by atoms with E-state index in [4.69, 9.17) is 5.73 Å². The first-order valence-corrected chi connectivity index (χ1v) is 7.94. The van der Waals surface area contributed by atoms with Gasteiger partial charge in [0.1, 0.15) is 11.6 Å². The molecule has 0 amide bonds. The second kappa shape index (κ2) is 6.41. The van der Waals surface area contributed by atoms with Gasteiger partial charge >= 0.3 is 0 Å². The van der Waals surface area contributed by atoms with Crippen molar-refractivity contribution in [3.05, 3.63) is 35.4 Å². The molecule has 0 aromatic heterocycles. The van der Waals surface area contributed by atoms with Crippen LogP contribution in [-0.2, 0) is 0 Å². The lowest BCUT2D eigenvalue weighted by molar-refractivity contribution is 0.206. The highest BCUT2D eigenvalue weighted by atomic mass is 32.2. The number of hydrogen-bond donors (Lipinski definition) is 1. The molecule has 0 spiro atoms. The summed E-state index contributed by atoms with van der Waals surface area (Å²) in [5.74, 6) is 0.197. The molecule has 0 bridgehead atoms. The van der Waals surface area contributed by atoms with Crippen molar-refractivity contribution in [2.75, 3.05) is 25.4 Å². The van der Waals surface area contributed by atoms with E-state index in [0.29, 0.717) is 12.1 Å². The van der Waals surface area contributed by atoms with Gasteiger partial charge in [-0.25, -0.2) is 8.78 Å². The third-order valence-corrected chi connectivity index (χ3v) is 5.23. The average molecular weight is 300 g/mol. The van der Waals surface area contributed by atoms with Crippen molar-refractivity contribution in [2.45, 2.75) is 31.1 Å². The first-order chi connectivity index (χ1) is 9.43. The Labute approximate surface area is 123 Å². The van der Waals surface area contributed by atoms with Crippen molar-refractivity contribution < 1.29 is 8.78 Å². The van der Waals surface area contributed by atoms with Gasteiger partial charge in [-0.15, -0.1) is 0 Å². The van der Waals surface area contributed by atoms with E-state index in [0.717, 1.165) is 31.3 Å². The van der Waals surface area contributed by atoms with Gasteiger partial charge < -0.3 is 5.73 Å². The molecule has 1 saturated heterocycles. The maximum absolute atomic E-state index is 14.0. The Bertz CT molecular complexity index is 465. The lowest BCUT2D eigenvalue weighted by Crippen LogP contribution is -2.36. The maximum atomic E-state index is 14.0. The Morgan fingerprint density at radius 2 is 2.10 bits per heavy atom. The average Bonchev–Trinajstić information content (AvgIpc) is 2.56. The van der Waals surface area contributed by atoms with Gasteiger partial charge in [0, 0.05) is 35.7 Å². The van der Waals surface area contributed by atoms with Gasteiger partial charge in [0.15, 0.2) is 0 Å². The highest BCUT2D eigenvalue weighted by Crippen LogP contribution is 2.33. The maximum Gasteiger partial charge on any atom is 0.128 e. The van der Waals surface area contributed by atoms with E-state index in [-0.39, 0.29) is 16.6 Å². The summed E-state index contributed by atoms with van der Waals surface area (Å²) in [5.41, 5.74) is 6.21. The zero-order chi connectivity index (χ0) is 14.8. The number of nitrogens with zero attached hydrogens (tertiary/aromatic N) is 1. The third-order valence-electron chi connectivity index (χ3n) is 3.85. The summed E-state index contributed by atoms with van der Waals surface area (Å²) in [5, 5.41) is 0. The standard InChI is InChI=1S/C15H22F2N2S/c1-15(2)5-6-19(7-8-20-15)14(10-18)12-9-11(16)3-4-13(12)17/h3-4,9,14H,5-8,10,18H2,1-2H3. The number of halogens is 2. The summed E-state index contributed by atoms with van der Waals surface area (Å²) in [7, 11) is 0. The van der Waals surface area contributed by atoms with Gasteiger partial charge in [-0.05, 0) is 24.6 Å². The van der Waals surface area contributed by atoms with Crippen LogP contribution in [0.2, 0.25) is 0 Å². The van der Waals surface area contributed by atoms with Crippen molar-refractivity contribution in [3.63, 3.8) is 0 Å². The Kier molecular flexibility index (Phi) is 5.04. The predicted octanol–water partition coefficient (Wildman–Crippen LogP) is 3.18. The van der Waals surface area contributed by atoms with Crippen molar-refractivity contribution >= 4 is 11.8 Å². The van der Waals surface area contributed by atoms with Crippen molar-refractivity contribution in [2.24, 2.45) is 5.73 Å². The highest BCUT2D eigenvalue weighted by Gasteiger charge is 2.28. The van der Waals surface area contributed by atoms with E-state index < -0.39 is 5.82 Å². The van der Waals surface area contributed by atoms with Crippen LogP contribution in [0.4, 0.5) is 8.78 Å². The van der Waals surface area contributed by atoms with Crippen molar-refractivity contribution in [3.8, 4) is 0 Å². The molecule has 1 heterocycles. The summed E-state index contributed by atoms with van der Waals surface area (Å²) in [6, 6.07) is 3.36. The molecule has 112 valence electrons.